The first-order chi connectivity index (χ1) is 8.93. The molecule has 1 radical (unpaired) electrons. The molecule has 0 aromatic rings. The van der Waals surface area contributed by atoms with E-state index in [9.17, 15) is 34.5 Å². The van der Waals surface area contributed by atoms with Gasteiger partial charge in [-0.1, -0.05) is 0 Å². The summed E-state index contributed by atoms with van der Waals surface area (Å²) >= 11 is 0. The molecule has 0 aliphatic rings. The number of aliphatic hydroxyl groups excluding tert-OH is 4. The van der Waals surface area contributed by atoms with E-state index in [1.54, 1.807) is 0 Å². The van der Waals surface area contributed by atoms with Crippen molar-refractivity contribution in [2.24, 2.45) is 0 Å². The first kappa shape index (κ1) is 56.8. The normalized spacial score (nSPS) is 11.7. The number of carbonyl (C=O) groups is 4. The number of carboxylic acid groups (broad SMARTS) is 4. The molecule has 0 rings (SSSR count). The maximum absolute atomic E-state index is 9.74. The molecule has 4 atom stereocenters. The molecule has 13 N–H and O–H groups in total. The summed E-state index contributed by atoms with van der Waals surface area (Å²) in [5.74, 6) is -7.94. The van der Waals surface area contributed by atoms with E-state index in [1.807, 2.05) is 0 Å². The van der Waals surface area contributed by atoms with Crippen LogP contribution in [0.3, 0.4) is 0 Å². The Balaban J connectivity index is -0.0000000225. The predicted molar refractivity (Wildman–Crippen MR) is 62.3 cm³/mol. The second-order valence-corrected chi connectivity index (χ2v) is 3.07. The average molecular weight is 471 g/mol. The van der Waals surface area contributed by atoms with Gasteiger partial charge in [0.05, 0.1) is 17.9 Å². The third kappa shape index (κ3) is 27.8. The molecule has 0 spiro atoms. The molecule has 0 amide bonds. The van der Waals surface area contributed by atoms with Crippen molar-refractivity contribution >= 4 is 23.9 Å². The van der Waals surface area contributed by atoms with Crippen molar-refractivity contribution in [2.75, 3.05) is 0 Å². The first-order valence-corrected chi connectivity index (χ1v) is 4.51. The summed E-state index contributed by atoms with van der Waals surface area (Å²) in [7, 11) is 0. The molecule has 4 unspecified atom stereocenters. The first-order valence-electron chi connectivity index (χ1n) is 4.51. The molecule has 149 valence electrons. The Morgan fingerprint density at radius 1 is 0.593 bits per heavy atom. The van der Waals surface area contributed by atoms with Crippen molar-refractivity contribution in [1.82, 2.24) is 0 Å². The van der Waals surface area contributed by atoms with Crippen molar-refractivity contribution in [3.05, 3.63) is 0 Å². The second-order valence-electron chi connectivity index (χ2n) is 3.07. The minimum absolute atomic E-state index is 0. The third-order valence-corrected chi connectivity index (χ3v) is 1.58. The molecule has 0 aromatic carbocycles. The van der Waals surface area contributed by atoms with Crippen LogP contribution in [-0.2, 0) is 19.2 Å². The van der Waals surface area contributed by atoms with E-state index in [2.05, 4.69) is 0 Å². The molecule has 19 heteroatoms. The molecular formula is C8H18K2NaO16. The Labute approximate surface area is 259 Å². The van der Waals surface area contributed by atoms with Gasteiger partial charge in [-0.15, -0.1) is 0 Å². The van der Waals surface area contributed by atoms with E-state index < -0.39 is 48.3 Å². The molecule has 0 heterocycles. The van der Waals surface area contributed by atoms with Crippen molar-refractivity contribution in [3.8, 4) is 0 Å². The molecule has 0 saturated carbocycles. The molecule has 0 aromatic heterocycles. The van der Waals surface area contributed by atoms with E-state index in [-0.39, 0.29) is 156 Å². The Hall–Kier alpha value is 1.83. The van der Waals surface area contributed by atoms with Crippen molar-refractivity contribution in [1.29, 1.82) is 0 Å². The summed E-state index contributed by atoms with van der Waals surface area (Å²) in [5.41, 5.74) is 0. The molecule has 16 nitrogen and oxygen atoms in total. The standard InChI is InChI=1S/2C4H6O6.2K.Na.4H2O.H/c2*5-1(3(7)8)2(6)4(9)10;;;;;;;;/h2*1-2,5-6H,(H,7,8)(H,9,10);;;;4*1H2;/q;;3*+1;;;;;/p-3. The van der Waals surface area contributed by atoms with Gasteiger partial charge in [0.15, 0.2) is 6.10 Å². The largest absolute Gasteiger partial charge is 1.00 e. The Morgan fingerprint density at radius 2 is 0.741 bits per heavy atom. The van der Waals surface area contributed by atoms with Crippen molar-refractivity contribution in [2.45, 2.75) is 24.4 Å². The van der Waals surface area contributed by atoms with Gasteiger partial charge < -0.3 is 77.1 Å². The zero-order chi connectivity index (χ0) is 16.6. The van der Waals surface area contributed by atoms with Crippen LogP contribution in [0.15, 0.2) is 0 Å². The summed E-state index contributed by atoms with van der Waals surface area (Å²) < 4.78 is 0. The van der Waals surface area contributed by atoms with Gasteiger partial charge in [0.2, 0.25) is 0 Å². The van der Waals surface area contributed by atoms with Crippen LogP contribution in [0, 0.1) is 0 Å². The number of aliphatic hydroxyl groups is 4. The number of carbonyl (C=O) groups excluding carboxylic acids is 3. The second kappa shape index (κ2) is 30.0. The van der Waals surface area contributed by atoms with Gasteiger partial charge in [-0.05, 0) is 0 Å². The number of rotatable bonds is 6. The number of aliphatic carboxylic acids is 4. The van der Waals surface area contributed by atoms with Gasteiger partial charge >= 0.3 is 138 Å². The van der Waals surface area contributed by atoms with Crippen LogP contribution in [0.25, 0.3) is 0 Å². The minimum Gasteiger partial charge on any atom is -0.547 e. The van der Waals surface area contributed by atoms with Crippen LogP contribution in [0.1, 0.15) is 1.43 Å². The fourth-order valence-corrected chi connectivity index (χ4v) is 0.522. The summed E-state index contributed by atoms with van der Waals surface area (Å²) in [4.78, 5) is 38.7. The van der Waals surface area contributed by atoms with E-state index >= 15 is 0 Å². The number of carboxylic acids is 4. The van der Waals surface area contributed by atoms with Crippen LogP contribution < -0.4 is 148 Å². The molecule has 0 bridgehead atoms. The molecule has 27 heavy (non-hydrogen) atoms. The Kier molecular flexibility index (Phi) is 63.2. The van der Waals surface area contributed by atoms with E-state index in [1.165, 1.54) is 0 Å². The van der Waals surface area contributed by atoms with Gasteiger partial charge in [0.1, 0.15) is 18.3 Å². The quantitative estimate of drug-likeness (QED) is 0.225. The van der Waals surface area contributed by atoms with Crippen molar-refractivity contribution in [3.63, 3.8) is 0 Å². The van der Waals surface area contributed by atoms with Gasteiger partial charge in [0.25, 0.3) is 0 Å². The Morgan fingerprint density at radius 3 is 0.815 bits per heavy atom. The monoisotopic (exact) mass is 471 g/mol. The van der Waals surface area contributed by atoms with Gasteiger partial charge in [-0.3, -0.25) is 0 Å². The summed E-state index contributed by atoms with van der Waals surface area (Å²) in [6, 6.07) is 0. The zero-order valence-electron chi connectivity index (χ0n) is 15.4. The van der Waals surface area contributed by atoms with Crippen LogP contribution in [0.2, 0.25) is 0 Å². The average Bonchev–Trinajstić information content (AvgIpc) is 2.35. The van der Waals surface area contributed by atoms with Crippen LogP contribution in [0.4, 0.5) is 0 Å². The number of hydrogen-bond donors (Lipinski definition) is 5. The SMILES string of the molecule is O.O.O.O.O=C([O-])C(O)C(O)C(=O)O.O=C([O-])C(O)C(O)C(=O)[O-].[H].[K+].[K+].[Na+]. The fourth-order valence-electron chi connectivity index (χ4n) is 0.522. The molecular weight excluding hydrogens is 453 g/mol. The van der Waals surface area contributed by atoms with E-state index in [0.717, 1.165) is 0 Å². The minimum atomic E-state index is -2.44. The van der Waals surface area contributed by atoms with Crippen LogP contribution in [-0.4, -0.2) is 95.7 Å². The molecule has 0 aliphatic carbocycles. The van der Waals surface area contributed by atoms with E-state index in [4.69, 9.17) is 25.5 Å². The molecule has 0 aliphatic heterocycles. The van der Waals surface area contributed by atoms with E-state index in [0.29, 0.717) is 0 Å². The Bertz CT molecular complexity index is 329. The topological polar surface area (TPSA) is 365 Å². The predicted octanol–water partition coefficient (Wildman–Crippen LogP) is -20.4. The maximum atomic E-state index is 9.74. The fraction of sp³-hybridized carbons (Fsp3) is 0.500. The van der Waals surface area contributed by atoms with Crippen molar-refractivity contribution < 1.29 is 216 Å². The molecule has 0 saturated heterocycles. The van der Waals surface area contributed by atoms with Gasteiger partial charge in [-0.25, -0.2) is 4.79 Å². The third-order valence-electron chi connectivity index (χ3n) is 1.58. The van der Waals surface area contributed by atoms with Crippen LogP contribution >= 0.6 is 0 Å². The summed E-state index contributed by atoms with van der Waals surface area (Å²) in [6.45, 7) is 0. The zero-order valence-corrected chi connectivity index (χ0v) is 22.6. The van der Waals surface area contributed by atoms with Crippen LogP contribution in [0.5, 0.6) is 0 Å². The van der Waals surface area contributed by atoms with Gasteiger partial charge in [-0.2, -0.15) is 0 Å². The maximum Gasteiger partial charge on any atom is 1.00 e. The smallest absolute Gasteiger partial charge is 0.547 e. The number of hydrogen-bond acceptors (Lipinski definition) is 11. The summed E-state index contributed by atoms with van der Waals surface area (Å²) in [6.07, 6.45) is -9.59. The molecule has 0 fully saturated rings. The van der Waals surface area contributed by atoms with Gasteiger partial charge in [0, 0.05) is 1.43 Å². The summed E-state index contributed by atoms with van der Waals surface area (Å²) in [5, 5.41) is 69.9.